The minimum Gasteiger partial charge on any atom is -0.388 e. The first-order chi connectivity index (χ1) is 7.74. The summed E-state index contributed by atoms with van der Waals surface area (Å²) < 4.78 is 1.09. The maximum Gasteiger partial charge on any atom is 0.0813 e. The first-order valence-corrected chi connectivity index (χ1v) is 6.76. The molecule has 0 aliphatic carbocycles. The number of nitrogens with one attached hydrogen (secondary N) is 1. The van der Waals surface area contributed by atoms with Gasteiger partial charge >= 0.3 is 0 Å². The molecule has 1 rings (SSSR count). The van der Waals surface area contributed by atoms with Gasteiger partial charge < -0.3 is 10.4 Å². The second kappa shape index (κ2) is 5.40. The molecule has 0 radical (unpaired) electrons. The lowest BCUT2D eigenvalue weighted by molar-refractivity contribution is 0.0266. The minimum absolute atomic E-state index is 0.228. The third kappa shape index (κ3) is 3.71. The monoisotopic (exact) mass is 299 g/mol. The van der Waals surface area contributed by atoms with Crippen LogP contribution in [0.4, 0.5) is 5.69 Å². The molecule has 1 aromatic rings. The molecule has 0 saturated heterocycles. The first-order valence-electron chi connectivity index (χ1n) is 5.97. The van der Waals surface area contributed by atoms with E-state index >= 15 is 0 Å². The second-order valence-corrected chi connectivity index (χ2v) is 6.20. The summed E-state index contributed by atoms with van der Waals surface area (Å²) >= 11 is 3.48. The molecule has 0 fully saturated rings. The van der Waals surface area contributed by atoms with Gasteiger partial charge in [-0.2, -0.15) is 0 Å². The summed E-state index contributed by atoms with van der Waals surface area (Å²) in [6, 6.07) is 4.17. The van der Waals surface area contributed by atoms with E-state index in [0.717, 1.165) is 10.2 Å². The number of hydrogen-bond acceptors (Lipinski definition) is 2. The van der Waals surface area contributed by atoms with Crippen LogP contribution in [-0.4, -0.2) is 17.3 Å². The maximum atomic E-state index is 10.2. The number of rotatable bonds is 4. The Morgan fingerprint density at radius 2 is 1.76 bits per heavy atom. The van der Waals surface area contributed by atoms with Crippen LogP contribution in [0.15, 0.2) is 16.6 Å². The molecule has 0 amide bonds. The quantitative estimate of drug-likeness (QED) is 0.884. The van der Waals surface area contributed by atoms with E-state index in [4.69, 9.17) is 0 Å². The predicted molar refractivity (Wildman–Crippen MR) is 77.6 cm³/mol. The van der Waals surface area contributed by atoms with Crippen molar-refractivity contribution in [1.29, 1.82) is 0 Å². The van der Waals surface area contributed by atoms with Crippen LogP contribution in [-0.2, 0) is 0 Å². The Labute approximate surface area is 113 Å². The molecule has 1 atom stereocenters. The molecule has 1 aromatic carbocycles. The van der Waals surface area contributed by atoms with E-state index in [2.05, 4.69) is 47.2 Å². The van der Waals surface area contributed by atoms with Crippen molar-refractivity contribution in [2.24, 2.45) is 5.92 Å². The van der Waals surface area contributed by atoms with E-state index in [0.29, 0.717) is 6.54 Å². The normalized spacial score (nSPS) is 14.8. The van der Waals surface area contributed by atoms with E-state index in [-0.39, 0.29) is 5.92 Å². The van der Waals surface area contributed by atoms with Gasteiger partial charge in [0.15, 0.2) is 0 Å². The summed E-state index contributed by atoms with van der Waals surface area (Å²) in [4.78, 5) is 0. The van der Waals surface area contributed by atoms with E-state index in [1.807, 2.05) is 20.8 Å². The van der Waals surface area contributed by atoms with E-state index in [1.54, 1.807) is 0 Å². The van der Waals surface area contributed by atoms with Gasteiger partial charge in [-0.1, -0.05) is 29.8 Å². The number of halogens is 1. The summed E-state index contributed by atoms with van der Waals surface area (Å²) in [6.45, 7) is 10.6. The molecule has 0 aliphatic rings. The zero-order chi connectivity index (χ0) is 13.2. The standard InChI is InChI=1S/C14H22BrNO/c1-9(2)14(5,17)8-16-13-10(3)6-12(15)7-11(13)4/h6-7,9,16-17H,8H2,1-5H3. The highest BCUT2D eigenvalue weighted by atomic mass is 79.9. The van der Waals surface area contributed by atoms with Gasteiger partial charge in [0.25, 0.3) is 0 Å². The third-order valence-corrected chi connectivity index (χ3v) is 3.82. The SMILES string of the molecule is Cc1cc(Br)cc(C)c1NCC(C)(O)C(C)C. The Balaban J connectivity index is 2.83. The largest absolute Gasteiger partial charge is 0.388 e. The molecule has 0 saturated carbocycles. The Morgan fingerprint density at radius 3 is 2.18 bits per heavy atom. The van der Waals surface area contributed by atoms with Crippen LogP contribution >= 0.6 is 15.9 Å². The highest BCUT2D eigenvalue weighted by molar-refractivity contribution is 9.10. The Morgan fingerprint density at radius 1 is 1.29 bits per heavy atom. The topological polar surface area (TPSA) is 32.3 Å². The number of aryl methyl sites for hydroxylation is 2. The van der Waals surface area contributed by atoms with Crippen molar-refractivity contribution in [1.82, 2.24) is 0 Å². The molecule has 2 N–H and O–H groups in total. The molecule has 1 unspecified atom stereocenters. The third-order valence-electron chi connectivity index (χ3n) is 3.36. The van der Waals surface area contributed by atoms with Gasteiger partial charge in [0, 0.05) is 16.7 Å². The van der Waals surface area contributed by atoms with Gasteiger partial charge in [-0.15, -0.1) is 0 Å². The van der Waals surface area contributed by atoms with Crippen LogP contribution < -0.4 is 5.32 Å². The molecule has 0 bridgehead atoms. The molecule has 0 aliphatic heterocycles. The lowest BCUT2D eigenvalue weighted by Crippen LogP contribution is -2.39. The van der Waals surface area contributed by atoms with Gasteiger partial charge in [0.05, 0.1) is 5.60 Å². The summed E-state index contributed by atoms with van der Waals surface area (Å²) in [7, 11) is 0. The second-order valence-electron chi connectivity index (χ2n) is 5.28. The van der Waals surface area contributed by atoms with Gasteiger partial charge in [0.1, 0.15) is 0 Å². The summed E-state index contributed by atoms with van der Waals surface area (Å²) in [5.74, 6) is 0.228. The van der Waals surface area contributed by atoms with Crippen LogP contribution in [0.25, 0.3) is 0 Å². The van der Waals surface area contributed by atoms with Crippen LogP contribution in [0.1, 0.15) is 31.9 Å². The van der Waals surface area contributed by atoms with E-state index in [9.17, 15) is 5.11 Å². The highest BCUT2D eigenvalue weighted by Crippen LogP contribution is 2.26. The average Bonchev–Trinajstić information content (AvgIpc) is 2.15. The molecule has 0 aromatic heterocycles. The van der Waals surface area contributed by atoms with Crippen molar-refractivity contribution in [3.63, 3.8) is 0 Å². The van der Waals surface area contributed by atoms with Crippen molar-refractivity contribution in [2.75, 3.05) is 11.9 Å². The number of hydrogen-bond donors (Lipinski definition) is 2. The molecule has 3 heteroatoms. The summed E-state index contributed by atoms with van der Waals surface area (Å²) in [5, 5.41) is 13.6. The fourth-order valence-electron chi connectivity index (χ4n) is 1.66. The Hall–Kier alpha value is -0.540. The van der Waals surface area contributed by atoms with Gasteiger partial charge in [-0.3, -0.25) is 0 Å². The van der Waals surface area contributed by atoms with E-state index < -0.39 is 5.60 Å². The Bertz CT molecular complexity index is 376. The number of benzene rings is 1. The van der Waals surface area contributed by atoms with Crippen LogP contribution in [0.5, 0.6) is 0 Å². The van der Waals surface area contributed by atoms with Crippen LogP contribution in [0.2, 0.25) is 0 Å². The van der Waals surface area contributed by atoms with Crippen LogP contribution in [0.3, 0.4) is 0 Å². The summed E-state index contributed by atoms with van der Waals surface area (Å²) in [5.41, 5.74) is 2.81. The minimum atomic E-state index is -0.689. The molecule has 17 heavy (non-hydrogen) atoms. The van der Waals surface area contributed by atoms with E-state index in [1.165, 1.54) is 11.1 Å². The van der Waals surface area contributed by atoms with Crippen molar-refractivity contribution in [2.45, 2.75) is 40.2 Å². The van der Waals surface area contributed by atoms with Crippen LogP contribution in [0, 0.1) is 19.8 Å². The maximum absolute atomic E-state index is 10.2. The lowest BCUT2D eigenvalue weighted by atomic mass is 9.92. The van der Waals surface area contributed by atoms with Crippen molar-refractivity contribution in [3.05, 3.63) is 27.7 Å². The first kappa shape index (κ1) is 14.5. The predicted octanol–water partition coefficient (Wildman–Crippen LogP) is 3.88. The van der Waals surface area contributed by atoms with Gasteiger partial charge in [-0.05, 0) is 49.9 Å². The fraction of sp³-hybridized carbons (Fsp3) is 0.571. The smallest absolute Gasteiger partial charge is 0.0813 e. The summed E-state index contributed by atoms with van der Waals surface area (Å²) in [6.07, 6.45) is 0. The van der Waals surface area contributed by atoms with Crippen molar-refractivity contribution in [3.8, 4) is 0 Å². The van der Waals surface area contributed by atoms with Gasteiger partial charge in [-0.25, -0.2) is 0 Å². The molecular formula is C14H22BrNO. The highest BCUT2D eigenvalue weighted by Gasteiger charge is 2.24. The molecule has 96 valence electrons. The molecule has 0 spiro atoms. The molecule has 0 heterocycles. The van der Waals surface area contributed by atoms with Gasteiger partial charge in [0.2, 0.25) is 0 Å². The van der Waals surface area contributed by atoms with Crippen molar-refractivity contribution < 1.29 is 5.11 Å². The zero-order valence-electron chi connectivity index (χ0n) is 11.3. The zero-order valence-corrected chi connectivity index (χ0v) is 12.9. The molecule has 2 nitrogen and oxygen atoms in total. The number of anilines is 1. The number of aliphatic hydroxyl groups is 1. The van der Waals surface area contributed by atoms with Crippen molar-refractivity contribution >= 4 is 21.6 Å². The fourth-order valence-corrected chi connectivity index (χ4v) is 2.35. The lowest BCUT2D eigenvalue weighted by Gasteiger charge is -2.29. The Kier molecular flexibility index (Phi) is 4.62. The average molecular weight is 300 g/mol. The molecular weight excluding hydrogens is 278 g/mol.